The number of anilines is 1. The van der Waals surface area contributed by atoms with Gasteiger partial charge in [-0.1, -0.05) is 0 Å². The van der Waals surface area contributed by atoms with E-state index in [1.807, 2.05) is 0 Å². The summed E-state index contributed by atoms with van der Waals surface area (Å²) in [5.41, 5.74) is 0.470. The summed E-state index contributed by atoms with van der Waals surface area (Å²) in [5, 5.41) is 0. The number of furan rings is 2. The topological polar surface area (TPSA) is 110 Å². The molecule has 0 aliphatic carbocycles. The Morgan fingerprint density at radius 3 is 2.48 bits per heavy atom. The highest BCUT2D eigenvalue weighted by Crippen LogP contribution is 2.25. The Morgan fingerprint density at radius 2 is 1.79 bits per heavy atom. The molecule has 0 saturated carbocycles. The molecule has 0 amide bonds. The smallest absolute Gasteiger partial charge is 0.240 e. The first kappa shape index (κ1) is 19.7. The lowest BCUT2D eigenvalue weighted by molar-refractivity contribution is 0.485. The summed E-state index contributed by atoms with van der Waals surface area (Å²) < 4.78 is 64.1. The molecule has 0 atom stereocenters. The highest BCUT2D eigenvalue weighted by atomic mass is 32.2. The van der Waals surface area contributed by atoms with Gasteiger partial charge in [-0.3, -0.25) is 4.31 Å². The van der Waals surface area contributed by atoms with Gasteiger partial charge in [0.25, 0.3) is 0 Å². The molecule has 3 heterocycles. The highest BCUT2D eigenvalue weighted by Gasteiger charge is 2.26. The van der Waals surface area contributed by atoms with Crippen molar-refractivity contribution in [3.8, 4) is 11.5 Å². The number of hydrogen-bond donors (Lipinski definition) is 1. The molecule has 3 aromatic rings. The van der Waals surface area contributed by atoms with Crippen molar-refractivity contribution in [3.63, 3.8) is 0 Å². The maximum atomic E-state index is 12.6. The average molecular weight is 437 g/mol. The number of benzene rings is 1. The number of nitrogens with one attached hydrogen (secondary N) is 1. The van der Waals surface area contributed by atoms with Crippen LogP contribution in [0.2, 0.25) is 0 Å². The molecule has 1 aliphatic heterocycles. The number of hydrogen-bond acceptors (Lipinski definition) is 6. The van der Waals surface area contributed by atoms with Gasteiger partial charge in [0.05, 0.1) is 29.1 Å². The molecule has 0 bridgehead atoms. The number of sulfonamides is 2. The number of rotatable bonds is 6. The predicted octanol–water partition coefficient (Wildman–Crippen LogP) is 2.95. The fraction of sp³-hybridized carbons (Fsp3) is 0.263. The molecule has 0 radical (unpaired) electrons. The van der Waals surface area contributed by atoms with Crippen LogP contribution in [0.1, 0.15) is 18.6 Å². The van der Waals surface area contributed by atoms with Gasteiger partial charge >= 0.3 is 0 Å². The SMILES string of the molecule is O=S(=O)(NCc1ccc(-c2ccco2)o1)c1ccc(N2CCCCS2(=O)=O)cc1. The Balaban J connectivity index is 1.45. The third kappa shape index (κ3) is 4.24. The lowest BCUT2D eigenvalue weighted by atomic mass is 10.3. The van der Waals surface area contributed by atoms with Crippen molar-refractivity contribution in [2.24, 2.45) is 0 Å². The molecule has 0 spiro atoms. The van der Waals surface area contributed by atoms with Crippen LogP contribution in [0.25, 0.3) is 11.5 Å². The zero-order valence-corrected chi connectivity index (χ0v) is 17.1. The Morgan fingerprint density at radius 1 is 1.00 bits per heavy atom. The fourth-order valence-electron chi connectivity index (χ4n) is 3.14. The molecule has 1 fully saturated rings. The second-order valence-electron chi connectivity index (χ2n) is 6.66. The Bertz CT molecular complexity index is 1180. The Kier molecular flexibility index (Phi) is 5.24. The van der Waals surface area contributed by atoms with Crippen molar-refractivity contribution < 1.29 is 25.7 Å². The van der Waals surface area contributed by atoms with Crippen LogP contribution in [0.5, 0.6) is 0 Å². The normalized spacial score (nSPS) is 16.8. The van der Waals surface area contributed by atoms with E-state index in [1.54, 1.807) is 24.3 Å². The monoisotopic (exact) mass is 436 g/mol. The van der Waals surface area contributed by atoms with E-state index in [-0.39, 0.29) is 17.2 Å². The van der Waals surface area contributed by atoms with Crippen molar-refractivity contribution in [3.05, 3.63) is 60.6 Å². The summed E-state index contributed by atoms with van der Waals surface area (Å²) in [6.07, 6.45) is 2.95. The van der Waals surface area contributed by atoms with E-state index in [1.165, 1.54) is 34.8 Å². The predicted molar refractivity (Wildman–Crippen MR) is 107 cm³/mol. The van der Waals surface area contributed by atoms with Gasteiger partial charge in [0.1, 0.15) is 5.76 Å². The molecule has 1 saturated heterocycles. The van der Waals surface area contributed by atoms with Crippen molar-refractivity contribution in [1.82, 2.24) is 4.72 Å². The quantitative estimate of drug-likeness (QED) is 0.636. The van der Waals surface area contributed by atoms with Gasteiger partial charge in [0, 0.05) is 6.54 Å². The molecule has 1 aromatic carbocycles. The third-order valence-corrected chi connectivity index (χ3v) is 7.93. The largest absolute Gasteiger partial charge is 0.461 e. The van der Waals surface area contributed by atoms with Crippen molar-refractivity contribution in [1.29, 1.82) is 0 Å². The van der Waals surface area contributed by atoms with Crippen LogP contribution in [-0.4, -0.2) is 29.1 Å². The second kappa shape index (κ2) is 7.69. The Labute approximate surface area is 169 Å². The van der Waals surface area contributed by atoms with Gasteiger partial charge in [-0.05, 0) is 61.4 Å². The van der Waals surface area contributed by atoms with Crippen LogP contribution in [0, 0.1) is 0 Å². The van der Waals surface area contributed by atoms with Gasteiger partial charge in [-0.15, -0.1) is 0 Å². The third-order valence-electron chi connectivity index (χ3n) is 4.65. The minimum atomic E-state index is -3.78. The molecule has 8 nitrogen and oxygen atoms in total. The molecular formula is C19H20N2O6S2. The molecule has 154 valence electrons. The summed E-state index contributed by atoms with van der Waals surface area (Å²) in [4.78, 5) is 0.0495. The lowest BCUT2D eigenvalue weighted by Crippen LogP contribution is -2.37. The van der Waals surface area contributed by atoms with E-state index in [0.717, 1.165) is 6.42 Å². The maximum Gasteiger partial charge on any atom is 0.240 e. The fourth-order valence-corrected chi connectivity index (χ4v) is 5.78. The van der Waals surface area contributed by atoms with E-state index in [2.05, 4.69) is 4.72 Å². The summed E-state index contributed by atoms with van der Waals surface area (Å²) in [6, 6.07) is 12.7. The van der Waals surface area contributed by atoms with Crippen molar-refractivity contribution in [2.75, 3.05) is 16.6 Å². The summed E-state index contributed by atoms with van der Waals surface area (Å²) in [6.45, 7) is 0.383. The van der Waals surface area contributed by atoms with Gasteiger partial charge in [-0.25, -0.2) is 21.6 Å². The van der Waals surface area contributed by atoms with Crippen molar-refractivity contribution in [2.45, 2.75) is 24.3 Å². The first-order valence-corrected chi connectivity index (χ1v) is 12.2. The first-order valence-electron chi connectivity index (χ1n) is 9.08. The van der Waals surface area contributed by atoms with Gasteiger partial charge in [-0.2, -0.15) is 0 Å². The average Bonchev–Trinajstić information content (AvgIpc) is 3.38. The minimum Gasteiger partial charge on any atom is -0.461 e. The van der Waals surface area contributed by atoms with E-state index < -0.39 is 20.0 Å². The molecule has 10 heteroatoms. The molecule has 0 unspecified atom stereocenters. The van der Waals surface area contributed by atoms with E-state index in [9.17, 15) is 16.8 Å². The van der Waals surface area contributed by atoms with Gasteiger partial charge in [0.15, 0.2) is 11.5 Å². The second-order valence-corrected chi connectivity index (χ2v) is 10.4. The van der Waals surface area contributed by atoms with Crippen LogP contribution in [-0.2, 0) is 26.6 Å². The van der Waals surface area contributed by atoms with Crippen LogP contribution in [0.3, 0.4) is 0 Å². The molecule has 4 rings (SSSR count). The molecule has 29 heavy (non-hydrogen) atoms. The van der Waals surface area contributed by atoms with Crippen LogP contribution < -0.4 is 9.03 Å². The van der Waals surface area contributed by atoms with E-state index in [4.69, 9.17) is 8.83 Å². The zero-order chi connectivity index (χ0) is 20.5. The Hall–Kier alpha value is -2.56. The van der Waals surface area contributed by atoms with Crippen LogP contribution >= 0.6 is 0 Å². The zero-order valence-electron chi connectivity index (χ0n) is 15.4. The van der Waals surface area contributed by atoms with Gasteiger partial charge in [0.2, 0.25) is 20.0 Å². The number of nitrogens with zero attached hydrogens (tertiary/aromatic N) is 1. The van der Waals surface area contributed by atoms with Gasteiger partial charge < -0.3 is 8.83 Å². The summed E-state index contributed by atoms with van der Waals surface area (Å²) >= 11 is 0. The van der Waals surface area contributed by atoms with E-state index in [0.29, 0.717) is 35.9 Å². The standard InChI is InChI=1S/C19H20N2O6S2/c22-28(23)13-2-1-11-21(28)15-5-8-17(9-6-15)29(24,25)20-14-16-7-10-19(27-16)18-4-3-12-26-18/h3-10,12,20H,1-2,11,13-14H2. The molecule has 1 aliphatic rings. The summed E-state index contributed by atoms with van der Waals surface area (Å²) in [5.74, 6) is 1.62. The lowest BCUT2D eigenvalue weighted by Gasteiger charge is -2.28. The minimum absolute atomic E-state index is 0.0225. The van der Waals surface area contributed by atoms with E-state index >= 15 is 0 Å². The van der Waals surface area contributed by atoms with Crippen LogP contribution in [0.4, 0.5) is 5.69 Å². The maximum absolute atomic E-state index is 12.6. The first-order chi connectivity index (χ1) is 13.9. The van der Waals surface area contributed by atoms with Crippen LogP contribution in [0.15, 0.2) is 68.5 Å². The van der Waals surface area contributed by atoms with Crippen molar-refractivity contribution >= 4 is 25.7 Å². The molecule has 1 N–H and O–H groups in total. The molecule has 2 aromatic heterocycles. The highest BCUT2D eigenvalue weighted by molar-refractivity contribution is 7.92. The molecular weight excluding hydrogens is 416 g/mol. The summed E-state index contributed by atoms with van der Waals surface area (Å²) in [7, 11) is -7.12.